The van der Waals surface area contributed by atoms with Crippen LogP contribution in [-0.2, 0) is 4.79 Å². The van der Waals surface area contributed by atoms with Crippen molar-refractivity contribution in [2.45, 2.75) is 51.9 Å². The predicted octanol–water partition coefficient (Wildman–Crippen LogP) is 4.90. The van der Waals surface area contributed by atoms with Crippen molar-refractivity contribution in [3.05, 3.63) is 42.2 Å². The van der Waals surface area contributed by atoms with Gasteiger partial charge in [-0.05, 0) is 31.4 Å². The summed E-state index contributed by atoms with van der Waals surface area (Å²) in [6.45, 7) is 2.84. The fourth-order valence-corrected chi connectivity index (χ4v) is 4.84. The number of benzene rings is 1. The molecule has 0 spiro atoms. The molecule has 0 atom stereocenters. The van der Waals surface area contributed by atoms with E-state index in [0.29, 0.717) is 28.8 Å². The van der Waals surface area contributed by atoms with Crippen LogP contribution in [0.25, 0.3) is 22.4 Å². The van der Waals surface area contributed by atoms with Gasteiger partial charge in [0.25, 0.3) is 0 Å². The standard InChI is InChI=1S/C24H26N4O2/c1-24(10-3-2-4-11-24)22(30)18-14-25-23-21(18)27-19(15-26-23)16-7-5-8-17(13-16)28-12-6-9-20(28)29/h5,7-8,13-15H,2-4,6,9-12H2,1H3,(H,25,26). The molecule has 1 amide bonds. The third-order valence-corrected chi connectivity index (χ3v) is 6.66. The van der Waals surface area contributed by atoms with E-state index in [-0.39, 0.29) is 17.1 Å². The SMILES string of the molecule is CC1(C(=O)c2c[nH]c3ncc(-c4cccc(N5CCCC5=O)c4)nc23)CCCCC1. The Morgan fingerprint density at radius 2 is 2.00 bits per heavy atom. The normalized spacial score (nSPS) is 18.8. The van der Waals surface area contributed by atoms with Crippen LogP contribution in [0.3, 0.4) is 0 Å². The molecule has 1 saturated carbocycles. The number of carbonyl (C=O) groups is 2. The van der Waals surface area contributed by atoms with Crippen LogP contribution >= 0.6 is 0 Å². The van der Waals surface area contributed by atoms with Crippen LogP contribution in [0, 0.1) is 5.41 Å². The highest BCUT2D eigenvalue weighted by Crippen LogP contribution is 2.39. The Kier molecular flexibility index (Phi) is 4.65. The van der Waals surface area contributed by atoms with E-state index >= 15 is 0 Å². The minimum absolute atomic E-state index is 0.160. The number of hydrogen-bond acceptors (Lipinski definition) is 4. The fourth-order valence-electron chi connectivity index (χ4n) is 4.84. The highest BCUT2D eigenvalue weighted by Gasteiger charge is 2.36. The van der Waals surface area contributed by atoms with E-state index in [9.17, 15) is 9.59 Å². The van der Waals surface area contributed by atoms with Gasteiger partial charge in [0.2, 0.25) is 5.91 Å². The zero-order valence-corrected chi connectivity index (χ0v) is 17.3. The number of amides is 1. The molecule has 2 aromatic heterocycles. The summed E-state index contributed by atoms with van der Waals surface area (Å²) >= 11 is 0. The summed E-state index contributed by atoms with van der Waals surface area (Å²) in [5.74, 6) is 0.323. The van der Waals surface area contributed by atoms with Crippen LogP contribution in [0.5, 0.6) is 0 Å². The molecular weight excluding hydrogens is 376 g/mol. The third-order valence-electron chi connectivity index (χ3n) is 6.66. The lowest BCUT2D eigenvalue weighted by atomic mass is 9.71. The molecule has 3 heterocycles. The smallest absolute Gasteiger partial charge is 0.227 e. The van der Waals surface area contributed by atoms with Crippen molar-refractivity contribution in [2.75, 3.05) is 11.4 Å². The van der Waals surface area contributed by atoms with Crippen LogP contribution < -0.4 is 4.90 Å². The van der Waals surface area contributed by atoms with Crippen molar-refractivity contribution >= 4 is 28.5 Å². The maximum atomic E-state index is 13.4. The summed E-state index contributed by atoms with van der Waals surface area (Å²) in [5, 5.41) is 0. The number of nitrogens with zero attached hydrogens (tertiary/aromatic N) is 3. The predicted molar refractivity (Wildman–Crippen MR) is 116 cm³/mol. The molecule has 1 saturated heterocycles. The Morgan fingerprint density at radius 3 is 2.77 bits per heavy atom. The highest BCUT2D eigenvalue weighted by molar-refractivity contribution is 6.08. The Bertz CT molecular complexity index is 1130. The van der Waals surface area contributed by atoms with Gasteiger partial charge in [-0.1, -0.05) is 38.3 Å². The third kappa shape index (κ3) is 3.20. The monoisotopic (exact) mass is 402 g/mol. The van der Waals surface area contributed by atoms with E-state index in [1.807, 2.05) is 29.2 Å². The van der Waals surface area contributed by atoms with E-state index in [0.717, 1.165) is 49.9 Å². The number of ketones is 1. The van der Waals surface area contributed by atoms with Crippen molar-refractivity contribution in [3.8, 4) is 11.3 Å². The Balaban J connectivity index is 1.52. The summed E-state index contributed by atoms with van der Waals surface area (Å²) < 4.78 is 0. The maximum Gasteiger partial charge on any atom is 0.227 e. The van der Waals surface area contributed by atoms with Gasteiger partial charge in [0.1, 0.15) is 5.52 Å². The van der Waals surface area contributed by atoms with E-state index in [4.69, 9.17) is 4.98 Å². The molecule has 3 aromatic rings. The van der Waals surface area contributed by atoms with Crippen molar-refractivity contribution in [1.29, 1.82) is 0 Å². The molecule has 1 N–H and O–H groups in total. The van der Waals surface area contributed by atoms with Gasteiger partial charge in [0.05, 0.1) is 17.5 Å². The number of rotatable bonds is 4. The van der Waals surface area contributed by atoms with Gasteiger partial charge in [-0.2, -0.15) is 0 Å². The Morgan fingerprint density at radius 1 is 1.17 bits per heavy atom. The van der Waals surface area contributed by atoms with Crippen molar-refractivity contribution in [1.82, 2.24) is 15.0 Å². The largest absolute Gasteiger partial charge is 0.344 e. The molecule has 1 aromatic carbocycles. The molecule has 2 aliphatic rings. The number of H-pyrrole nitrogens is 1. The zero-order valence-electron chi connectivity index (χ0n) is 17.3. The highest BCUT2D eigenvalue weighted by atomic mass is 16.2. The molecule has 0 radical (unpaired) electrons. The summed E-state index contributed by atoms with van der Waals surface area (Å²) in [4.78, 5) is 39.8. The quantitative estimate of drug-likeness (QED) is 0.629. The first kappa shape index (κ1) is 19.0. The van der Waals surface area contributed by atoms with Crippen molar-refractivity contribution in [2.24, 2.45) is 5.41 Å². The summed E-state index contributed by atoms with van der Waals surface area (Å²) in [7, 11) is 0. The van der Waals surface area contributed by atoms with Crippen LogP contribution in [0.1, 0.15) is 62.2 Å². The van der Waals surface area contributed by atoms with Gasteiger partial charge in [-0.15, -0.1) is 0 Å². The molecule has 30 heavy (non-hydrogen) atoms. The Hall–Kier alpha value is -3.02. The number of anilines is 1. The minimum Gasteiger partial charge on any atom is -0.344 e. The average Bonchev–Trinajstić information content (AvgIpc) is 3.39. The molecule has 2 fully saturated rings. The average molecular weight is 402 g/mol. The number of Topliss-reactive ketones (excluding diaryl/α,β-unsaturated/α-hetero) is 1. The molecular formula is C24H26N4O2. The van der Waals surface area contributed by atoms with Crippen LogP contribution in [-0.4, -0.2) is 33.2 Å². The second-order valence-electron chi connectivity index (χ2n) is 8.80. The number of fused-ring (bicyclic) bond motifs is 1. The molecule has 6 heteroatoms. The molecule has 6 nitrogen and oxygen atoms in total. The summed E-state index contributed by atoms with van der Waals surface area (Å²) in [5.41, 5.74) is 4.07. The number of carbonyl (C=O) groups excluding carboxylic acids is 2. The van der Waals surface area contributed by atoms with E-state index < -0.39 is 0 Å². The number of aromatic nitrogens is 3. The molecule has 0 bridgehead atoms. The first-order valence-corrected chi connectivity index (χ1v) is 10.8. The van der Waals surface area contributed by atoms with Crippen molar-refractivity contribution in [3.63, 3.8) is 0 Å². The molecule has 1 aliphatic heterocycles. The summed E-state index contributed by atoms with van der Waals surface area (Å²) in [6.07, 6.45) is 10.2. The van der Waals surface area contributed by atoms with Gasteiger partial charge < -0.3 is 9.88 Å². The lowest BCUT2D eigenvalue weighted by molar-refractivity contribution is -0.117. The first-order valence-electron chi connectivity index (χ1n) is 10.8. The van der Waals surface area contributed by atoms with Gasteiger partial charge >= 0.3 is 0 Å². The van der Waals surface area contributed by atoms with E-state index in [1.165, 1.54) is 6.42 Å². The van der Waals surface area contributed by atoms with E-state index in [1.54, 1.807) is 12.4 Å². The van der Waals surface area contributed by atoms with E-state index in [2.05, 4.69) is 16.9 Å². The Labute approximate surface area is 175 Å². The zero-order chi connectivity index (χ0) is 20.7. The van der Waals surface area contributed by atoms with Crippen LogP contribution in [0.2, 0.25) is 0 Å². The topological polar surface area (TPSA) is 79.0 Å². The van der Waals surface area contributed by atoms with Crippen LogP contribution in [0.15, 0.2) is 36.7 Å². The number of hydrogen-bond donors (Lipinski definition) is 1. The molecule has 5 rings (SSSR count). The second kappa shape index (κ2) is 7.35. The summed E-state index contributed by atoms with van der Waals surface area (Å²) in [6, 6.07) is 7.84. The van der Waals surface area contributed by atoms with Gasteiger partial charge in [-0.25, -0.2) is 9.97 Å². The molecule has 1 aliphatic carbocycles. The second-order valence-corrected chi connectivity index (χ2v) is 8.80. The molecule has 154 valence electrons. The molecule has 0 unspecified atom stereocenters. The van der Waals surface area contributed by atoms with Gasteiger partial charge in [0, 0.05) is 35.8 Å². The lowest BCUT2D eigenvalue weighted by Gasteiger charge is -2.31. The van der Waals surface area contributed by atoms with Gasteiger partial charge in [0.15, 0.2) is 11.4 Å². The van der Waals surface area contributed by atoms with Crippen molar-refractivity contribution < 1.29 is 9.59 Å². The fraction of sp³-hybridized carbons (Fsp3) is 0.417. The number of nitrogens with one attached hydrogen (secondary N) is 1. The minimum atomic E-state index is -0.318. The number of aromatic amines is 1. The lowest BCUT2D eigenvalue weighted by Crippen LogP contribution is -2.30. The van der Waals surface area contributed by atoms with Gasteiger partial charge in [-0.3, -0.25) is 9.59 Å². The first-order chi connectivity index (χ1) is 14.5. The van der Waals surface area contributed by atoms with Crippen LogP contribution in [0.4, 0.5) is 5.69 Å². The maximum absolute atomic E-state index is 13.4.